The van der Waals surface area contributed by atoms with Crippen molar-refractivity contribution in [3.8, 4) is 0 Å². The van der Waals surface area contributed by atoms with E-state index in [1.807, 2.05) is 25.1 Å². The molecule has 0 aliphatic heterocycles. The second kappa shape index (κ2) is 8.81. The van der Waals surface area contributed by atoms with Gasteiger partial charge in [-0.2, -0.15) is 0 Å². The molecule has 1 aromatic carbocycles. The Labute approximate surface area is 151 Å². The first-order valence-corrected chi connectivity index (χ1v) is 8.38. The van der Waals surface area contributed by atoms with Gasteiger partial charge in [-0.1, -0.05) is 35.3 Å². The zero-order valence-corrected chi connectivity index (χ0v) is 14.8. The van der Waals surface area contributed by atoms with Crippen LogP contribution in [0.25, 0.3) is 0 Å². The molecule has 126 valence electrons. The first-order chi connectivity index (χ1) is 11.5. The first-order valence-electron chi connectivity index (χ1n) is 7.63. The topological polar surface area (TPSA) is 50.3 Å². The third kappa shape index (κ3) is 5.05. The molecule has 0 atom stereocenters. The second-order valence-corrected chi connectivity index (χ2v) is 6.20. The number of carbonyl (C=O) groups is 2. The van der Waals surface area contributed by atoms with E-state index in [9.17, 15) is 9.59 Å². The highest BCUT2D eigenvalue weighted by molar-refractivity contribution is 6.42. The second-order valence-electron chi connectivity index (χ2n) is 5.39. The van der Waals surface area contributed by atoms with Crippen LogP contribution in [0.15, 0.2) is 36.4 Å². The molecule has 2 rings (SSSR count). The molecule has 0 spiro atoms. The lowest BCUT2D eigenvalue weighted by Gasteiger charge is -2.21. The number of nitrogens with zero attached hydrogens (tertiary/aromatic N) is 2. The van der Waals surface area contributed by atoms with E-state index in [0.717, 1.165) is 17.5 Å². The summed E-state index contributed by atoms with van der Waals surface area (Å²) in [6, 6.07) is 10.8. The lowest BCUT2D eigenvalue weighted by atomic mass is 10.1. The Kier molecular flexibility index (Phi) is 6.76. The van der Waals surface area contributed by atoms with Crippen molar-refractivity contribution in [2.24, 2.45) is 0 Å². The smallest absolute Gasteiger partial charge is 0.228 e. The zero-order chi connectivity index (χ0) is 17.5. The van der Waals surface area contributed by atoms with Gasteiger partial charge in [-0.15, -0.1) is 0 Å². The Morgan fingerprint density at radius 1 is 1.21 bits per heavy atom. The van der Waals surface area contributed by atoms with Crippen LogP contribution in [0, 0.1) is 6.92 Å². The van der Waals surface area contributed by atoms with Crippen molar-refractivity contribution >= 4 is 41.2 Å². The predicted molar refractivity (Wildman–Crippen MR) is 96.8 cm³/mol. The Bertz CT molecular complexity index is 735. The first kappa shape index (κ1) is 18.4. The van der Waals surface area contributed by atoms with Crippen LogP contribution in [0.1, 0.15) is 24.1 Å². The van der Waals surface area contributed by atoms with E-state index < -0.39 is 0 Å². The zero-order valence-electron chi connectivity index (χ0n) is 13.3. The molecule has 4 nitrogen and oxygen atoms in total. The normalized spacial score (nSPS) is 10.5. The van der Waals surface area contributed by atoms with E-state index in [-0.39, 0.29) is 12.3 Å². The van der Waals surface area contributed by atoms with Crippen molar-refractivity contribution in [1.29, 1.82) is 0 Å². The van der Waals surface area contributed by atoms with Crippen molar-refractivity contribution in [3.05, 3.63) is 57.7 Å². The SMILES string of the molecule is Cc1cccc(N(CCC=O)C(=O)CCc2ccc(Cl)c(Cl)c2)n1. The molecular formula is C18H18Cl2N2O2. The summed E-state index contributed by atoms with van der Waals surface area (Å²) in [5.41, 5.74) is 1.76. The summed E-state index contributed by atoms with van der Waals surface area (Å²) in [5, 5.41) is 0.961. The van der Waals surface area contributed by atoms with Gasteiger partial charge in [0.25, 0.3) is 0 Å². The van der Waals surface area contributed by atoms with Gasteiger partial charge in [-0.3, -0.25) is 9.69 Å². The molecule has 0 fully saturated rings. The summed E-state index contributed by atoms with van der Waals surface area (Å²) in [7, 11) is 0. The molecule has 24 heavy (non-hydrogen) atoms. The molecule has 0 unspecified atom stereocenters. The number of halogens is 2. The van der Waals surface area contributed by atoms with Crippen LogP contribution in [0.5, 0.6) is 0 Å². The maximum atomic E-state index is 12.6. The Morgan fingerprint density at radius 2 is 2.00 bits per heavy atom. The number of amides is 1. The van der Waals surface area contributed by atoms with Crippen molar-refractivity contribution in [1.82, 2.24) is 4.98 Å². The fourth-order valence-electron chi connectivity index (χ4n) is 2.31. The summed E-state index contributed by atoms with van der Waals surface area (Å²) in [6.45, 7) is 2.18. The maximum absolute atomic E-state index is 12.6. The Balaban J connectivity index is 2.09. The van der Waals surface area contributed by atoms with Crippen LogP contribution in [-0.4, -0.2) is 23.7 Å². The minimum Gasteiger partial charge on any atom is -0.303 e. The molecule has 0 saturated carbocycles. The van der Waals surface area contributed by atoms with Crippen molar-refractivity contribution in [3.63, 3.8) is 0 Å². The summed E-state index contributed by atoms with van der Waals surface area (Å²) < 4.78 is 0. The number of aromatic nitrogens is 1. The number of hydrogen-bond acceptors (Lipinski definition) is 3. The number of aryl methyl sites for hydroxylation is 2. The van der Waals surface area contributed by atoms with Crippen molar-refractivity contribution < 1.29 is 9.59 Å². The minimum atomic E-state index is -0.0824. The van der Waals surface area contributed by atoms with Gasteiger partial charge >= 0.3 is 0 Å². The van der Waals surface area contributed by atoms with Crippen LogP contribution in [0.3, 0.4) is 0 Å². The van der Waals surface area contributed by atoms with E-state index in [1.54, 1.807) is 23.1 Å². The number of hydrogen-bond donors (Lipinski definition) is 0. The van der Waals surface area contributed by atoms with Gasteiger partial charge in [0.2, 0.25) is 5.91 Å². The summed E-state index contributed by atoms with van der Waals surface area (Å²) in [6.07, 6.45) is 1.91. The summed E-state index contributed by atoms with van der Waals surface area (Å²) in [4.78, 5) is 29.2. The fraction of sp³-hybridized carbons (Fsp3) is 0.278. The van der Waals surface area contributed by atoms with E-state index in [2.05, 4.69) is 4.98 Å². The van der Waals surface area contributed by atoms with E-state index in [4.69, 9.17) is 23.2 Å². The molecule has 1 amide bonds. The summed E-state index contributed by atoms with van der Waals surface area (Å²) >= 11 is 11.9. The van der Waals surface area contributed by atoms with E-state index in [0.29, 0.717) is 35.2 Å². The van der Waals surface area contributed by atoms with Crippen LogP contribution in [-0.2, 0) is 16.0 Å². The number of anilines is 1. The molecule has 0 aliphatic rings. The van der Waals surface area contributed by atoms with Crippen LogP contribution < -0.4 is 4.90 Å². The quantitative estimate of drug-likeness (QED) is 0.690. The number of carbonyl (C=O) groups excluding carboxylic acids is 2. The highest BCUT2D eigenvalue weighted by Crippen LogP contribution is 2.23. The number of aldehydes is 1. The third-order valence-electron chi connectivity index (χ3n) is 3.53. The molecular weight excluding hydrogens is 347 g/mol. The molecule has 0 saturated heterocycles. The minimum absolute atomic E-state index is 0.0824. The molecule has 2 aromatic rings. The van der Waals surface area contributed by atoms with Gasteiger partial charge in [0, 0.05) is 25.1 Å². The van der Waals surface area contributed by atoms with Gasteiger partial charge in [0.05, 0.1) is 10.0 Å². The van der Waals surface area contributed by atoms with Crippen molar-refractivity contribution in [2.75, 3.05) is 11.4 Å². The lowest BCUT2D eigenvalue weighted by molar-refractivity contribution is -0.118. The number of pyridine rings is 1. The van der Waals surface area contributed by atoms with Gasteiger partial charge < -0.3 is 4.79 Å². The molecule has 0 radical (unpaired) electrons. The third-order valence-corrected chi connectivity index (χ3v) is 4.27. The standard InChI is InChI=1S/C18H18Cl2N2O2/c1-13-4-2-5-17(21-13)22(10-3-11-23)18(24)9-7-14-6-8-15(19)16(20)12-14/h2,4-6,8,11-12H,3,7,9-10H2,1H3. The molecule has 1 heterocycles. The van der Waals surface area contributed by atoms with Gasteiger partial charge in [0.1, 0.15) is 12.1 Å². The lowest BCUT2D eigenvalue weighted by Crippen LogP contribution is -2.33. The van der Waals surface area contributed by atoms with E-state index >= 15 is 0 Å². The highest BCUT2D eigenvalue weighted by atomic mass is 35.5. The largest absolute Gasteiger partial charge is 0.303 e. The maximum Gasteiger partial charge on any atom is 0.228 e. The average molecular weight is 365 g/mol. The Morgan fingerprint density at radius 3 is 2.67 bits per heavy atom. The average Bonchev–Trinajstić information content (AvgIpc) is 2.56. The highest BCUT2D eigenvalue weighted by Gasteiger charge is 2.16. The molecule has 0 N–H and O–H groups in total. The van der Waals surface area contributed by atoms with Crippen molar-refractivity contribution in [2.45, 2.75) is 26.2 Å². The van der Waals surface area contributed by atoms with E-state index in [1.165, 1.54) is 0 Å². The van der Waals surface area contributed by atoms with Crippen LogP contribution in [0.2, 0.25) is 10.0 Å². The Hall–Kier alpha value is -1.91. The van der Waals surface area contributed by atoms with Gasteiger partial charge in [-0.25, -0.2) is 4.98 Å². The predicted octanol–water partition coefficient (Wildman–Crippen LogP) is 4.25. The number of benzene rings is 1. The molecule has 0 bridgehead atoms. The molecule has 0 aliphatic carbocycles. The van der Waals surface area contributed by atoms with Gasteiger partial charge in [-0.05, 0) is 43.2 Å². The monoisotopic (exact) mass is 364 g/mol. The molecule has 1 aromatic heterocycles. The van der Waals surface area contributed by atoms with Gasteiger partial charge in [0.15, 0.2) is 0 Å². The summed E-state index contributed by atoms with van der Waals surface area (Å²) in [5.74, 6) is 0.483. The number of rotatable bonds is 7. The molecule has 6 heteroatoms. The van der Waals surface area contributed by atoms with Crippen LogP contribution >= 0.6 is 23.2 Å². The fourth-order valence-corrected chi connectivity index (χ4v) is 2.63. The van der Waals surface area contributed by atoms with Crippen LogP contribution in [0.4, 0.5) is 5.82 Å².